The zero-order valence-electron chi connectivity index (χ0n) is 13.2. The monoisotopic (exact) mass is 319 g/mol. The fourth-order valence-corrected chi connectivity index (χ4v) is 3.13. The van der Waals surface area contributed by atoms with Gasteiger partial charge in [-0.25, -0.2) is 5.43 Å². The van der Waals surface area contributed by atoms with Gasteiger partial charge >= 0.3 is 0 Å². The first-order valence-electron chi connectivity index (χ1n) is 7.98. The highest BCUT2D eigenvalue weighted by Gasteiger charge is 2.44. The van der Waals surface area contributed by atoms with Crippen LogP contribution in [0.2, 0.25) is 0 Å². The fourth-order valence-electron chi connectivity index (χ4n) is 3.13. The van der Waals surface area contributed by atoms with Crippen LogP contribution < -0.4 is 10.7 Å². The quantitative estimate of drug-likeness (QED) is 0.854. The lowest BCUT2D eigenvalue weighted by atomic mass is 10.1. The van der Waals surface area contributed by atoms with Gasteiger partial charge in [0.15, 0.2) is 5.71 Å². The van der Waals surface area contributed by atoms with Crippen LogP contribution >= 0.6 is 0 Å². The molecule has 5 nitrogen and oxygen atoms in total. The van der Waals surface area contributed by atoms with E-state index in [4.69, 9.17) is 0 Å². The molecule has 2 unspecified atom stereocenters. The highest BCUT2D eigenvalue weighted by Crippen LogP contribution is 2.47. The number of rotatable bonds is 3. The number of hydrazone groups is 1. The molecule has 120 valence electrons. The van der Waals surface area contributed by atoms with Crippen molar-refractivity contribution >= 4 is 23.2 Å². The Bertz CT molecular complexity index is 858. The molecule has 0 aromatic heterocycles. The zero-order valence-corrected chi connectivity index (χ0v) is 13.2. The van der Waals surface area contributed by atoms with E-state index in [0.717, 1.165) is 23.2 Å². The molecule has 0 radical (unpaired) electrons. The van der Waals surface area contributed by atoms with Gasteiger partial charge in [-0.05, 0) is 37.0 Å². The number of carbonyl (C=O) groups is 2. The van der Waals surface area contributed by atoms with Crippen LogP contribution in [0.3, 0.4) is 0 Å². The first kappa shape index (κ1) is 14.6. The van der Waals surface area contributed by atoms with Crippen molar-refractivity contribution in [3.63, 3.8) is 0 Å². The Morgan fingerprint density at radius 3 is 2.79 bits per heavy atom. The number of aryl methyl sites for hydroxylation is 1. The smallest absolute Gasteiger partial charge is 0.276 e. The number of fused-ring (bicyclic) bond motifs is 1. The van der Waals surface area contributed by atoms with Crippen LogP contribution in [0.1, 0.15) is 29.0 Å². The molecular weight excluding hydrogens is 302 g/mol. The summed E-state index contributed by atoms with van der Waals surface area (Å²) >= 11 is 0. The molecule has 2 aliphatic rings. The molecule has 1 saturated carbocycles. The third-order valence-corrected chi connectivity index (χ3v) is 4.53. The third-order valence-electron chi connectivity index (χ3n) is 4.53. The summed E-state index contributed by atoms with van der Waals surface area (Å²) in [6.07, 6.45) is 0.822. The van der Waals surface area contributed by atoms with E-state index in [1.807, 2.05) is 55.5 Å². The Kier molecular flexibility index (Phi) is 3.41. The Hall–Kier alpha value is -2.95. The Morgan fingerprint density at radius 2 is 2.00 bits per heavy atom. The van der Waals surface area contributed by atoms with Gasteiger partial charge in [0.1, 0.15) is 0 Å². The van der Waals surface area contributed by atoms with Crippen LogP contribution in [0, 0.1) is 12.8 Å². The average Bonchev–Trinajstić information content (AvgIpc) is 3.33. The average molecular weight is 319 g/mol. The minimum absolute atomic E-state index is 0.0711. The maximum absolute atomic E-state index is 12.3. The van der Waals surface area contributed by atoms with Gasteiger partial charge in [0, 0.05) is 11.5 Å². The first-order valence-corrected chi connectivity index (χ1v) is 7.98. The van der Waals surface area contributed by atoms with Gasteiger partial charge in [-0.2, -0.15) is 5.10 Å². The molecule has 2 atom stereocenters. The van der Waals surface area contributed by atoms with Gasteiger partial charge in [-0.15, -0.1) is 0 Å². The molecule has 0 bridgehead atoms. The van der Waals surface area contributed by atoms with E-state index in [1.165, 1.54) is 5.56 Å². The van der Waals surface area contributed by atoms with Gasteiger partial charge in [0.2, 0.25) is 5.91 Å². The van der Waals surface area contributed by atoms with Gasteiger partial charge in [-0.1, -0.05) is 42.0 Å². The van der Waals surface area contributed by atoms with Gasteiger partial charge < -0.3 is 5.32 Å². The molecule has 2 aromatic carbocycles. The molecule has 2 N–H and O–H groups in total. The summed E-state index contributed by atoms with van der Waals surface area (Å²) in [5.41, 5.74) is 6.50. The minimum Gasteiger partial charge on any atom is -0.320 e. The molecule has 1 fully saturated rings. The number of hydrogen-bond acceptors (Lipinski definition) is 3. The van der Waals surface area contributed by atoms with Crippen LogP contribution in [0.5, 0.6) is 0 Å². The zero-order chi connectivity index (χ0) is 16.7. The van der Waals surface area contributed by atoms with Crippen LogP contribution in [0.15, 0.2) is 53.6 Å². The summed E-state index contributed by atoms with van der Waals surface area (Å²) in [5, 5.41) is 6.84. The van der Waals surface area contributed by atoms with E-state index >= 15 is 0 Å². The summed E-state index contributed by atoms with van der Waals surface area (Å²) in [7, 11) is 0. The van der Waals surface area contributed by atoms with Gasteiger partial charge in [-0.3, -0.25) is 9.59 Å². The summed E-state index contributed by atoms with van der Waals surface area (Å²) in [5.74, 6) is -0.243. The van der Waals surface area contributed by atoms with E-state index in [9.17, 15) is 9.59 Å². The second-order valence-corrected chi connectivity index (χ2v) is 6.30. The summed E-state index contributed by atoms with van der Waals surface area (Å²) in [6, 6.07) is 15.7. The molecule has 5 heteroatoms. The fraction of sp³-hybridized carbons (Fsp3) is 0.211. The van der Waals surface area contributed by atoms with Crippen molar-refractivity contribution in [2.24, 2.45) is 11.0 Å². The van der Waals surface area contributed by atoms with Crippen LogP contribution in [-0.2, 0) is 9.59 Å². The largest absolute Gasteiger partial charge is 0.320 e. The van der Waals surface area contributed by atoms with Crippen LogP contribution in [0.4, 0.5) is 5.69 Å². The number of benzene rings is 2. The highest BCUT2D eigenvalue weighted by molar-refractivity contribution is 6.53. The van der Waals surface area contributed by atoms with Gasteiger partial charge in [0.25, 0.3) is 5.91 Å². The van der Waals surface area contributed by atoms with Crippen molar-refractivity contribution in [1.29, 1.82) is 0 Å². The third kappa shape index (κ3) is 2.58. The maximum atomic E-state index is 12.3. The Balaban J connectivity index is 1.48. The number of carbonyl (C=O) groups excluding carboxylic acids is 2. The first-order chi connectivity index (χ1) is 11.6. The molecule has 0 spiro atoms. The summed E-state index contributed by atoms with van der Waals surface area (Å²) in [4.78, 5) is 24.3. The second kappa shape index (κ2) is 5.60. The molecule has 0 saturated heterocycles. The van der Waals surface area contributed by atoms with Gasteiger partial charge in [0.05, 0.1) is 5.69 Å². The minimum atomic E-state index is -0.286. The summed E-state index contributed by atoms with van der Waals surface area (Å²) < 4.78 is 0. The number of anilines is 1. The number of hydrogen-bond donors (Lipinski definition) is 2. The number of nitrogens with one attached hydrogen (secondary N) is 2. The lowest BCUT2D eigenvalue weighted by molar-refractivity contribution is -0.122. The van der Waals surface area contributed by atoms with Crippen LogP contribution in [-0.4, -0.2) is 17.5 Å². The number of amides is 2. The van der Waals surface area contributed by atoms with Crippen molar-refractivity contribution in [3.8, 4) is 0 Å². The predicted molar refractivity (Wildman–Crippen MR) is 91.8 cm³/mol. The van der Waals surface area contributed by atoms with E-state index < -0.39 is 0 Å². The Morgan fingerprint density at radius 1 is 1.21 bits per heavy atom. The van der Waals surface area contributed by atoms with E-state index in [1.54, 1.807) is 0 Å². The predicted octanol–water partition coefficient (Wildman–Crippen LogP) is 2.57. The van der Waals surface area contributed by atoms with E-state index in [-0.39, 0.29) is 29.4 Å². The maximum Gasteiger partial charge on any atom is 0.276 e. The molecule has 2 aromatic rings. The van der Waals surface area contributed by atoms with Crippen molar-refractivity contribution < 1.29 is 9.59 Å². The summed E-state index contributed by atoms with van der Waals surface area (Å²) in [6.45, 7) is 1.95. The lowest BCUT2D eigenvalue weighted by Crippen LogP contribution is -2.25. The van der Waals surface area contributed by atoms with Crippen molar-refractivity contribution in [2.45, 2.75) is 19.3 Å². The highest BCUT2D eigenvalue weighted by atomic mass is 16.2. The molecule has 1 aliphatic carbocycles. The lowest BCUT2D eigenvalue weighted by Gasteiger charge is -2.02. The van der Waals surface area contributed by atoms with Crippen molar-refractivity contribution in [1.82, 2.24) is 5.43 Å². The molecular formula is C19H17N3O2. The second-order valence-electron chi connectivity index (χ2n) is 6.30. The normalized spacial score (nSPS) is 22.9. The molecule has 1 aliphatic heterocycles. The standard InChI is InChI=1S/C19H17N3O2/c1-11-7-8-16-15(9-11)17(19(24)20-16)21-22-18(23)14-10-13(14)12-5-3-2-4-6-12/h2-9,13-14H,10H2,1H3,(H,22,23)(H,20,21,24). The number of nitrogens with zero attached hydrogens (tertiary/aromatic N) is 1. The molecule has 1 heterocycles. The molecule has 24 heavy (non-hydrogen) atoms. The molecule has 2 amide bonds. The molecule has 4 rings (SSSR count). The Labute approximate surface area is 139 Å². The van der Waals surface area contributed by atoms with Crippen molar-refractivity contribution in [2.75, 3.05) is 5.32 Å². The van der Waals surface area contributed by atoms with E-state index in [0.29, 0.717) is 0 Å². The topological polar surface area (TPSA) is 70.6 Å². The SMILES string of the molecule is Cc1ccc2c(c1)/C(=N/NC(=O)C1CC1c1ccccc1)C(=O)N2. The van der Waals surface area contributed by atoms with Crippen molar-refractivity contribution in [3.05, 3.63) is 65.2 Å². The van der Waals surface area contributed by atoms with E-state index in [2.05, 4.69) is 15.8 Å². The van der Waals surface area contributed by atoms with Crippen LogP contribution in [0.25, 0.3) is 0 Å².